The fraction of sp³-hybridized carbons (Fsp3) is 0.0952. The molecule has 13 heteroatoms. The summed E-state index contributed by atoms with van der Waals surface area (Å²) in [4.78, 5) is 38.6. The molecule has 1 radical (unpaired) electrons. The van der Waals surface area contributed by atoms with E-state index in [9.17, 15) is 19.8 Å². The summed E-state index contributed by atoms with van der Waals surface area (Å²) in [6.45, 7) is 8.03. The van der Waals surface area contributed by atoms with Gasteiger partial charge in [0.1, 0.15) is 11.5 Å². The minimum atomic E-state index is -1.28. The molecule has 12 nitrogen and oxygen atoms in total. The largest absolute Gasteiger partial charge is 2.00 e. The molecule has 0 amide bonds. The third-order valence-corrected chi connectivity index (χ3v) is 7.76. The van der Waals surface area contributed by atoms with Crippen LogP contribution in [0.25, 0.3) is 43.6 Å². The number of aromatic hydroxyl groups is 2. The van der Waals surface area contributed by atoms with Crippen molar-refractivity contribution >= 4 is 55.6 Å². The number of carbonyl (C=O) groups excluding carboxylic acids is 2. The van der Waals surface area contributed by atoms with Gasteiger partial charge in [-0.25, -0.2) is 0 Å². The number of nitrogens with zero attached hydrogens (tertiary/aromatic N) is 4. The van der Waals surface area contributed by atoms with Crippen LogP contribution in [0, 0.1) is 27.7 Å². The number of phenolic OH excluding ortho intramolecular Hbond substituents is 2. The van der Waals surface area contributed by atoms with Gasteiger partial charge in [0, 0.05) is 55.4 Å². The van der Waals surface area contributed by atoms with Crippen LogP contribution in [0.5, 0.6) is 11.5 Å². The van der Waals surface area contributed by atoms with Gasteiger partial charge in [0.05, 0.1) is 34.0 Å². The first-order valence-corrected chi connectivity index (χ1v) is 16.2. The van der Waals surface area contributed by atoms with E-state index in [1.54, 1.807) is 0 Å². The molecule has 281 valence electrons. The van der Waals surface area contributed by atoms with Gasteiger partial charge in [0.2, 0.25) is 0 Å². The number of hydrogen-bond acceptors (Lipinski definition) is 10. The van der Waals surface area contributed by atoms with E-state index in [-0.39, 0.29) is 50.6 Å². The molecular weight excluding hydrogens is 743 g/mol. The summed E-state index contributed by atoms with van der Waals surface area (Å²) in [7, 11) is 0. The molecule has 0 aliphatic carbocycles. The van der Waals surface area contributed by atoms with E-state index in [4.69, 9.17) is 10.2 Å². The molecule has 0 saturated carbocycles. The van der Waals surface area contributed by atoms with E-state index in [0.29, 0.717) is 0 Å². The Kier molecular flexibility index (Phi) is 16.3. The maximum atomic E-state index is 10.1. The SMILES string of the molecule is Cc1ccc2ccc3ccc(C)nc3c2n1.Cc1ccc2ccc3ccc(C)nc3c2n1.O.O.O=C([O-])c1cccc(O)c1.O=C([O-])c1cccc(O)c1.[Mn+2]. The van der Waals surface area contributed by atoms with E-state index in [1.165, 1.54) is 36.4 Å². The average molecular weight is 782 g/mol. The molecule has 0 atom stereocenters. The molecule has 8 aromatic rings. The summed E-state index contributed by atoms with van der Waals surface area (Å²) in [6.07, 6.45) is 0. The molecule has 4 aromatic carbocycles. The molecule has 0 aliphatic rings. The number of carbonyl (C=O) groups is 2. The van der Waals surface area contributed by atoms with Crippen molar-refractivity contribution in [2.24, 2.45) is 0 Å². The summed E-state index contributed by atoms with van der Waals surface area (Å²) in [5.74, 6) is -2.70. The Hall–Kier alpha value is -6.50. The van der Waals surface area contributed by atoms with Crippen molar-refractivity contribution < 1.29 is 58.0 Å². The van der Waals surface area contributed by atoms with Crippen LogP contribution in [0.2, 0.25) is 0 Å². The predicted octanol–water partition coefficient (Wildman–Crippen LogP) is 4.66. The molecule has 4 heterocycles. The molecule has 6 N–H and O–H groups in total. The molecular formula is C42H38MnN4O8. The average Bonchev–Trinajstić information content (AvgIpc) is 3.12. The second-order valence-corrected chi connectivity index (χ2v) is 11.9. The van der Waals surface area contributed by atoms with Crippen molar-refractivity contribution in [1.29, 1.82) is 0 Å². The van der Waals surface area contributed by atoms with Crippen LogP contribution in [0.1, 0.15) is 43.5 Å². The molecule has 0 saturated heterocycles. The number of aromatic carboxylic acids is 2. The molecule has 8 rings (SSSR count). The van der Waals surface area contributed by atoms with E-state index in [0.717, 1.165) is 78.5 Å². The van der Waals surface area contributed by atoms with Gasteiger partial charge in [-0.05, 0) is 76.2 Å². The van der Waals surface area contributed by atoms with Gasteiger partial charge >= 0.3 is 17.1 Å². The number of carboxylic acids is 2. The Bertz CT molecular complexity index is 2280. The van der Waals surface area contributed by atoms with Gasteiger partial charge in [-0.1, -0.05) is 72.8 Å². The van der Waals surface area contributed by atoms with Crippen LogP contribution >= 0.6 is 0 Å². The number of fused-ring (bicyclic) bond motifs is 6. The van der Waals surface area contributed by atoms with E-state index in [1.807, 2.05) is 52.0 Å². The smallest absolute Gasteiger partial charge is 0.545 e. The van der Waals surface area contributed by atoms with E-state index < -0.39 is 11.9 Å². The number of pyridine rings is 4. The van der Waals surface area contributed by atoms with Crippen LogP contribution in [0.3, 0.4) is 0 Å². The second kappa shape index (κ2) is 20.1. The minimum absolute atomic E-state index is 0. The normalized spacial score (nSPS) is 9.82. The second-order valence-electron chi connectivity index (χ2n) is 11.9. The number of benzene rings is 4. The molecule has 4 aromatic heterocycles. The van der Waals surface area contributed by atoms with Gasteiger partial charge < -0.3 is 41.0 Å². The zero-order chi connectivity index (χ0) is 37.4. The Morgan fingerprint density at radius 2 is 0.673 bits per heavy atom. The van der Waals surface area contributed by atoms with Crippen LogP contribution in [-0.4, -0.2) is 53.0 Å². The number of aromatic nitrogens is 4. The molecule has 0 unspecified atom stereocenters. The molecule has 0 spiro atoms. The van der Waals surface area contributed by atoms with Crippen molar-refractivity contribution in [1.82, 2.24) is 19.9 Å². The summed E-state index contributed by atoms with van der Waals surface area (Å²) < 4.78 is 0. The number of aryl methyl sites for hydroxylation is 4. The standard InChI is InChI=1S/2C14H12N2.2C7H6O3.Mn.2H2O/c2*1-9-3-5-11-7-8-12-6-4-10(2)16-14(12)13(11)15-9;2*8-6-3-1-2-5(4-6)7(9)10;;;/h2*3-8H,1-2H3;2*1-4,8H,(H,9,10);;2*1H2/q;;;;+2;;/p-2. The molecule has 55 heavy (non-hydrogen) atoms. The molecule has 0 fully saturated rings. The van der Waals surface area contributed by atoms with E-state index >= 15 is 0 Å². The molecule has 0 aliphatic heterocycles. The Morgan fingerprint density at radius 3 is 0.873 bits per heavy atom. The zero-order valence-electron chi connectivity index (χ0n) is 30.2. The molecule has 0 bridgehead atoms. The van der Waals surface area contributed by atoms with Crippen LogP contribution < -0.4 is 10.2 Å². The number of rotatable bonds is 2. The van der Waals surface area contributed by atoms with Crippen molar-refractivity contribution in [2.75, 3.05) is 0 Å². The van der Waals surface area contributed by atoms with Gasteiger partial charge in [-0.2, -0.15) is 0 Å². The first-order chi connectivity index (χ1) is 24.9. The fourth-order valence-corrected chi connectivity index (χ4v) is 5.19. The van der Waals surface area contributed by atoms with Gasteiger partial charge in [-0.15, -0.1) is 0 Å². The summed E-state index contributed by atoms with van der Waals surface area (Å²) in [5, 5.41) is 42.4. The monoisotopic (exact) mass is 781 g/mol. The first-order valence-electron chi connectivity index (χ1n) is 16.2. The quantitative estimate of drug-likeness (QED) is 0.182. The maximum absolute atomic E-state index is 10.1. The van der Waals surface area contributed by atoms with Gasteiger partial charge in [0.25, 0.3) is 0 Å². The fourth-order valence-electron chi connectivity index (χ4n) is 5.19. The topological polar surface area (TPSA) is 235 Å². The Morgan fingerprint density at radius 1 is 0.436 bits per heavy atom. The van der Waals surface area contributed by atoms with Gasteiger partial charge in [0.15, 0.2) is 0 Å². The van der Waals surface area contributed by atoms with Gasteiger partial charge in [-0.3, -0.25) is 19.9 Å². The number of phenols is 2. The van der Waals surface area contributed by atoms with Crippen LogP contribution in [0.15, 0.2) is 121 Å². The van der Waals surface area contributed by atoms with Crippen molar-refractivity contribution in [2.45, 2.75) is 27.7 Å². The first kappa shape index (κ1) is 44.7. The number of carboxylic acid groups (broad SMARTS) is 2. The minimum Gasteiger partial charge on any atom is -0.545 e. The third kappa shape index (κ3) is 11.7. The van der Waals surface area contributed by atoms with Crippen LogP contribution in [-0.2, 0) is 17.1 Å². The maximum Gasteiger partial charge on any atom is 2.00 e. The Labute approximate surface area is 326 Å². The van der Waals surface area contributed by atoms with Crippen molar-refractivity contribution in [3.8, 4) is 11.5 Å². The van der Waals surface area contributed by atoms with Crippen LogP contribution in [0.4, 0.5) is 0 Å². The predicted molar refractivity (Wildman–Crippen MR) is 205 cm³/mol. The zero-order valence-corrected chi connectivity index (χ0v) is 31.4. The number of hydrogen-bond donors (Lipinski definition) is 2. The summed E-state index contributed by atoms with van der Waals surface area (Å²) >= 11 is 0. The van der Waals surface area contributed by atoms with Crippen molar-refractivity contribution in [3.63, 3.8) is 0 Å². The Balaban J connectivity index is 0.000000255. The van der Waals surface area contributed by atoms with Crippen molar-refractivity contribution in [3.05, 3.63) is 155 Å². The summed E-state index contributed by atoms with van der Waals surface area (Å²) in [6, 6.07) is 35.6. The van der Waals surface area contributed by atoms with E-state index in [2.05, 4.69) is 68.5 Å². The summed E-state index contributed by atoms with van der Waals surface area (Å²) in [5.41, 5.74) is 8.10. The third-order valence-electron chi connectivity index (χ3n) is 7.76.